The van der Waals surface area contributed by atoms with E-state index >= 15 is 0 Å². The summed E-state index contributed by atoms with van der Waals surface area (Å²) in [5.74, 6) is 0.0751. The third kappa shape index (κ3) is 9.40. The minimum Gasteiger partial charge on any atom is -0.506 e. The predicted octanol–water partition coefficient (Wildman–Crippen LogP) is 6.18. The first-order chi connectivity index (χ1) is 25.1. The van der Waals surface area contributed by atoms with Gasteiger partial charge in [-0.05, 0) is 119 Å². The van der Waals surface area contributed by atoms with E-state index in [0.717, 1.165) is 62.0 Å². The molecule has 4 aliphatic rings. The molecule has 4 amide bonds. The van der Waals surface area contributed by atoms with Gasteiger partial charge < -0.3 is 34.6 Å². The number of para-hydroxylation sites is 1. The Balaban J connectivity index is 1.05. The maximum Gasteiger partial charge on any atom is 0.410 e. The number of amides is 4. The van der Waals surface area contributed by atoms with Crippen molar-refractivity contribution in [2.24, 2.45) is 5.92 Å². The number of anilines is 1. The van der Waals surface area contributed by atoms with Gasteiger partial charge in [0, 0.05) is 76.4 Å². The van der Waals surface area contributed by atoms with Crippen molar-refractivity contribution in [1.29, 1.82) is 0 Å². The van der Waals surface area contributed by atoms with Crippen LogP contribution in [0.2, 0.25) is 0 Å². The number of phenolic OH excluding ortho intramolecular Hbond substituents is 1. The molecule has 3 aliphatic heterocycles. The molecule has 2 aromatic rings. The second-order valence-corrected chi connectivity index (χ2v) is 16.0. The number of piperazine rings is 1. The Kier molecular flexibility index (Phi) is 13.0. The van der Waals surface area contributed by atoms with Crippen LogP contribution < -0.4 is 5.32 Å². The Bertz CT molecular complexity index is 1580. The van der Waals surface area contributed by atoms with Gasteiger partial charge in [0.1, 0.15) is 5.75 Å². The quantitative estimate of drug-likeness (QED) is 0.287. The first kappa shape index (κ1) is 38.4. The fourth-order valence-electron chi connectivity index (χ4n) is 8.10. The number of urea groups is 1. The van der Waals surface area contributed by atoms with Crippen LogP contribution >= 0.6 is 31.9 Å². The number of carbonyl (C=O) groups excluding carboxylic acids is 4. The molecular formula is C38H49Br2N5O7. The van der Waals surface area contributed by atoms with Crippen LogP contribution in [-0.4, -0.2) is 119 Å². The molecule has 282 valence electrons. The highest BCUT2D eigenvalue weighted by Gasteiger charge is 2.37. The Morgan fingerprint density at radius 2 is 1.56 bits per heavy atom. The van der Waals surface area contributed by atoms with Crippen molar-refractivity contribution >= 4 is 61.5 Å². The molecule has 14 heteroatoms. The summed E-state index contributed by atoms with van der Waals surface area (Å²) in [6, 6.07) is 11.6. The highest BCUT2D eigenvalue weighted by Crippen LogP contribution is 2.35. The van der Waals surface area contributed by atoms with Crippen LogP contribution in [0.25, 0.3) is 0 Å². The van der Waals surface area contributed by atoms with Crippen molar-refractivity contribution in [3.05, 3.63) is 56.5 Å². The summed E-state index contributed by atoms with van der Waals surface area (Å²) >= 11 is 6.77. The molecule has 0 bridgehead atoms. The van der Waals surface area contributed by atoms with E-state index in [2.05, 4.69) is 42.1 Å². The van der Waals surface area contributed by atoms with Gasteiger partial charge in [-0.25, -0.2) is 9.59 Å². The summed E-state index contributed by atoms with van der Waals surface area (Å²) in [6.07, 6.45) is 5.07. The Hall–Kier alpha value is -3.36. The van der Waals surface area contributed by atoms with Crippen molar-refractivity contribution in [1.82, 2.24) is 19.6 Å². The number of phenols is 1. The number of piperidine rings is 1. The number of aromatic hydroxyl groups is 1. The van der Waals surface area contributed by atoms with Crippen molar-refractivity contribution in [3.8, 4) is 5.75 Å². The summed E-state index contributed by atoms with van der Waals surface area (Å²) in [5.41, 5.74) is 2.68. The summed E-state index contributed by atoms with van der Waals surface area (Å²) in [5, 5.41) is 13.3. The van der Waals surface area contributed by atoms with E-state index < -0.39 is 12.2 Å². The predicted molar refractivity (Wildman–Crippen MR) is 203 cm³/mol. The number of esters is 1. The van der Waals surface area contributed by atoms with E-state index in [1.807, 2.05) is 36.1 Å². The highest BCUT2D eigenvalue weighted by molar-refractivity contribution is 9.11. The molecule has 1 saturated carbocycles. The number of fused-ring (bicyclic) bond motifs is 1. The minimum atomic E-state index is -1.05. The monoisotopic (exact) mass is 845 g/mol. The van der Waals surface area contributed by atoms with E-state index in [0.29, 0.717) is 79.5 Å². The summed E-state index contributed by atoms with van der Waals surface area (Å²) in [6.45, 7) is 6.22. The van der Waals surface area contributed by atoms with E-state index in [4.69, 9.17) is 9.47 Å². The number of nitrogens with one attached hydrogen (secondary N) is 1. The Labute approximate surface area is 322 Å². The van der Waals surface area contributed by atoms with E-state index in [9.17, 15) is 24.3 Å². The molecule has 12 nitrogen and oxygen atoms in total. The van der Waals surface area contributed by atoms with Crippen LogP contribution in [0.4, 0.5) is 15.3 Å². The molecule has 0 radical (unpaired) electrons. The largest absolute Gasteiger partial charge is 0.506 e. The minimum absolute atomic E-state index is 0.00796. The summed E-state index contributed by atoms with van der Waals surface area (Å²) in [4.78, 5) is 60.6. The van der Waals surface area contributed by atoms with Crippen LogP contribution in [0.5, 0.6) is 5.75 Å². The van der Waals surface area contributed by atoms with Crippen molar-refractivity contribution in [2.75, 3.05) is 57.7 Å². The van der Waals surface area contributed by atoms with E-state index in [1.54, 1.807) is 21.9 Å². The Morgan fingerprint density at radius 3 is 2.23 bits per heavy atom. The lowest BCUT2D eigenvalue weighted by atomic mass is 9.83. The average molecular weight is 848 g/mol. The van der Waals surface area contributed by atoms with Crippen LogP contribution in [-0.2, 0) is 31.9 Å². The number of nitrogens with zero attached hydrogens (tertiary/aromatic N) is 4. The summed E-state index contributed by atoms with van der Waals surface area (Å²) in [7, 11) is 0. The first-order valence-electron chi connectivity index (χ1n) is 18.6. The molecule has 0 aromatic heterocycles. The van der Waals surface area contributed by atoms with E-state index in [-0.39, 0.29) is 36.1 Å². The molecule has 3 fully saturated rings. The third-order valence-corrected chi connectivity index (χ3v) is 12.2. The molecular weight excluding hydrogens is 798 g/mol. The number of ether oxygens (including phenoxy) is 2. The zero-order valence-corrected chi connectivity index (χ0v) is 32.9. The lowest BCUT2D eigenvalue weighted by Gasteiger charge is -2.42. The van der Waals surface area contributed by atoms with Gasteiger partial charge in [-0.3, -0.25) is 14.5 Å². The standard InChI is InChI=1S/C38H49Br2N5O7/c1-2-51-34(46)24-25-7-9-28(10-8-25)42-17-19-43(20-18-42)36(48)33(23-26-21-30(39)35(47)31(40)22-26)52-38(50)44-14-12-29(13-15-44)45-16-11-27-5-3-4-6-32(27)41-37(45)49/h3-6,21-22,25,28-29,33,47H,2,7-20,23-24H2,1H3,(H,41,49)/t25-,28+,33-/m1/s1. The zero-order valence-electron chi connectivity index (χ0n) is 29.7. The lowest BCUT2D eigenvalue weighted by molar-refractivity contribution is -0.144. The number of carbonyl (C=O) groups is 4. The number of rotatable bonds is 9. The molecule has 0 unspecified atom stereocenters. The van der Waals surface area contributed by atoms with Gasteiger partial charge in [0.2, 0.25) is 0 Å². The second kappa shape index (κ2) is 17.6. The van der Waals surface area contributed by atoms with Crippen LogP contribution in [0, 0.1) is 5.92 Å². The third-order valence-electron chi connectivity index (χ3n) is 11.0. The maximum absolute atomic E-state index is 14.1. The fraction of sp³-hybridized carbons (Fsp3) is 0.579. The molecule has 3 heterocycles. The molecule has 2 N–H and O–H groups in total. The van der Waals surface area contributed by atoms with Gasteiger partial charge in [-0.2, -0.15) is 0 Å². The number of hydrogen-bond acceptors (Lipinski definition) is 8. The number of halogens is 2. The summed E-state index contributed by atoms with van der Waals surface area (Å²) < 4.78 is 12.1. The molecule has 1 atom stereocenters. The van der Waals surface area contributed by atoms with Gasteiger partial charge in [-0.1, -0.05) is 18.2 Å². The molecule has 52 heavy (non-hydrogen) atoms. The molecule has 6 rings (SSSR count). The molecule has 2 aromatic carbocycles. The average Bonchev–Trinajstić information content (AvgIpc) is 3.31. The lowest BCUT2D eigenvalue weighted by Crippen LogP contribution is -2.55. The van der Waals surface area contributed by atoms with Gasteiger partial charge in [0.05, 0.1) is 15.6 Å². The second-order valence-electron chi connectivity index (χ2n) is 14.3. The van der Waals surface area contributed by atoms with Gasteiger partial charge in [-0.15, -0.1) is 0 Å². The van der Waals surface area contributed by atoms with Gasteiger partial charge in [0.25, 0.3) is 5.91 Å². The maximum atomic E-state index is 14.1. The fourth-order valence-corrected chi connectivity index (χ4v) is 9.39. The van der Waals surface area contributed by atoms with Gasteiger partial charge >= 0.3 is 18.1 Å². The van der Waals surface area contributed by atoms with E-state index in [1.165, 1.54) is 0 Å². The van der Waals surface area contributed by atoms with Crippen LogP contribution in [0.1, 0.15) is 63.0 Å². The van der Waals surface area contributed by atoms with Crippen molar-refractivity contribution in [3.63, 3.8) is 0 Å². The highest BCUT2D eigenvalue weighted by atomic mass is 79.9. The zero-order chi connectivity index (χ0) is 36.8. The van der Waals surface area contributed by atoms with Gasteiger partial charge in [0.15, 0.2) is 6.10 Å². The normalized spacial score (nSPS) is 22.2. The van der Waals surface area contributed by atoms with Crippen molar-refractivity contribution in [2.45, 2.75) is 82.9 Å². The molecule has 0 spiro atoms. The topological polar surface area (TPSA) is 132 Å². The van der Waals surface area contributed by atoms with Crippen molar-refractivity contribution < 1.29 is 33.8 Å². The molecule has 2 saturated heterocycles. The van der Waals surface area contributed by atoms with Crippen LogP contribution in [0.15, 0.2) is 45.3 Å². The van der Waals surface area contributed by atoms with Crippen LogP contribution in [0.3, 0.4) is 0 Å². The SMILES string of the molecule is CCOC(=O)C[C@H]1CC[C@@H](N2CCN(C(=O)[C@@H](Cc3cc(Br)c(O)c(Br)c3)OC(=O)N3CCC(N4CCc5ccccc5NC4=O)CC3)CC2)CC1. The number of likely N-dealkylation sites (tertiary alicyclic amines) is 1. The number of hydrogen-bond donors (Lipinski definition) is 2. The number of benzene rings is 2. The Morgan fingerprint density at radius 1 is 0.885 bits per heavy atom. The smallest absolute Gasteiger partial charge is 0.410 e. The molecule has 1 aliphatic carbocycles. The first-order valence-corrected chi connectivity index (χ1v) is 20.1.